The zero-order chi connectivity index (χ0) is 14.8. The van der Waals surface area contributed by atoms with Crippen molar-refractivity contribution >= 4 is 0 Å². The van der Waals surface area contributed by atoms with Gasteiger partial charge < -0.3 is 10.1 Å². The molecular formula is C19H29NO. The first-order valence-corrected chi connectivity index (χ1v) is 8.65. The van der Waals surface area contributed by atoms with Crippen molar-refractivity contribution in [2.45, 2.75) is 64.5 Å². The number of benzene rings is 1. The van der Waals surface area contributed by atoms with Crippen LogP contribution in [0, 0.1) is 11.8 Å². The van der Waals surface area contributed by atoms with Crippen molar-refractivity contribution in [1.29, 1.82) is 0 Å². The van der Waals surface area contributed by atoms with Gasteiger partial charge in [0.25, 0.3) is 0 Å². The van der Waals surface area contributed by atoms with Gasteiger partial charge in [-0.2, -0.15) is 0 Å². The third-order valence-electron chi connectivity index (χ3n) is 5.83. The van der Waals surface area contributed by atoms with Gasteiger partial charge in [0.2, 0.25) is 0 Å². The van der Waals surface area contributed by atoms with Crippen LogP contribution in [0.2, 0.25) is 0 Å². The van der Waals surface area contributed by atoms with Gasteiger partial charge in [-0.1, -0.05) is 26.3 Å². The molecule has 1 N–H and O–H groups in total. The number of nitrogens with one attached hydrogen (secondary N) is 1. The summed E-state index contributed by atoms with van der Waals surface area (Å²) < 4.78 is 5.43. The molecule has 4 unspecified atom stereocenters. The Kier molecular flexibility index (Phi) is 4.54. The highest BCUT2D eigenvalue weighted by atomic mass is 16.5. The van der Waals surface area contributed by atoms with E-state index in [9.17, 15) is 0 Å². The highest BCUT2D eigenvalue weighted by Crippen LogP contribution is 2.38. The largest absolute Gasteiger partial charge is 0.497 e. The summed E-state index contributed by atoms with van der Waals surface area (Å²) in [6.45, 7) is 4.78. The summed E-state index contributed by atoms with van der Waals surface area (Å²) in [5, 5.41) is 3.98. The summed E-state index contributed by atoms with van der Waals surface area (Å²) in [4.78, 5) is 0. The van der Waals surface area contributed by atoms with Crippen LogP contribution in [0.25, 0.3) is 0 Å². The lowest BCUT2D eigenvalue weighted by Crippen LogP contribution is -2.37. The second kappa shape index (κ2) is 6.39. The zero-order valence-corrected chi connectivity index (χ0v) is 13.7. The molecule has 0 heterocycles. The molecular weight excluding hydrogens is 258 g/mol. The lowest BCUT2D eigenvalue weighted by atomic mass is 9.86. The third kappa shape index (κ3) is 2.96. The number of ether oxygens (including phenoxy) is 1. The Labute approximate surface area is 129 Å². The van der Waals surface area contributed by atoms with Crippen LogP contribution in [0.4, 0.5) is 0 Å². The van der Waals surface area contributed by atoms with E-state index in [1.54, 1.807) is 7.11 Å². The topological polar surface area (TPSA) is 21.3 Å². The number of hydrogen-bond acceptors (Lipinski definition) is 2. The van der Waals surface area contributed by atoms with E-state index in [2.05, 4.69) is 37.4 Å². The second-order valence-electron chi connectivity index (χ2n) is 6.89. The third-order valence-corrected chi connectivity index (χ3v) is 5.83. The van der Waals surface area contributed by atoms with E-state index in [0.717, 1.165) is 17.6 Å². The van der Waals surface area contributed by atoms with Gasteiger partial charge in [0.15, 0.2) is 0 Å². The normalized spacial score (nSPS) is 32.0. The maximum Gasteiger partial charge on any atom is 0.119 e. The van der Waals surface area contributed by atoms with Crippen LogP contribution in [0.15, 0.2) is 18.2 Å². The molecule has 1 aromatic carbocycles. The molecule has 0 saturated heterocycles. The maximum atomic E-state index is 5.43. The fraction of sp³-hybridized carbons (Fsp3) is 0.684. The highest BCUT2D eigenvalue weighted by molar-refractivity contribution is 5.39. The van der Waals surface area contributed by atoms with Crippen LogP contribution in [-0.4, -0.2) is 13.2 Å². The summed E-state index contributed by atoms with van der Waals surface area (Å²) in [5.74, 6) is 2.72. The Morgan fingerprint density at radius 2 is 2.10 bits per heavy atom. The van der Waals surface area contributed by atoms with E-state index in [1.807, 2.05) is 0 Å². The van der Waals surface area contributed by atoms with Crippen LogP contribution in [-0.2, 0) is 6.42 Å². The number of methoxy groups -OCH3 is 1. The van der Waals surface area contributed by atoms with Crippen LogP contribution >= 0.6 is 0 Å². The van der Waals surface area contributed by atoms with Crippen molar-refractivity contribution in [2.24, 2.45) is 11.8 Å². The van der Waals surface area contributed by atoms with Crippen molar-refractivity contribution in [1.82, 2.24) is 5.32 Å². The van der Waals surface area contributed by atoms with E-state index < -0.39 is 0 Å². The van der Waals surface area contributed by atoms with Gasteiger partial charge in [0, 0.05) is 12.1 Å². The lowest BCUT2D eigenvalue weighted by Gasteiger charge is -2.31. The first-order valence-electron chi connectivity index (χ1n) is 8.65. The molecule has 0 aromatic heterocycles. The molecule has 2 heteroatoms. The molecule has 1 aromatic rings. The Balaban J connectivity index is 1.76. The number of fused-ring (bicyclic) bond motifs is 1. The van der Waals surface area contributed by atoms with E-state index in [4.69, 9.17) is 4.74 Å². The first-order chi connectivity index (χ1) is 10.2. The molecule has 116 valence electrons. The van der Waals surface area contributed by atoms with E-state index >= 15 is 0 Å². The highest BCUT2D eigenvalue weighted by Gasteiger charge is 2.33. The van der Waals surface area contributed by atoms with E-state index in [-0.39, 0.29) is 0 Å². The molecule has 0 aliphatic heterocycles. The molecule has 2 aliphatic rings. The minimum atomic E-state index is 0.520. The van der Waals surface area contributed by atoms with Crippen LogP contribution < -0.4 is 10.1 Å². The number of rotatable bonds is 4. The summed E-state index contributed by atoms with van der Waals surface area (Å²) >= 11 is 0. The Hall–Kier alpha value is -1.02. The minimum Gasteiger partial charge on any atom is -0.497 e. The first kappa shape index (κ1) is 14.9. The number of aryl methyl sites for hydroxylation is 1. The van der Waals surface area contributed by atoms with Gasteiger partial charge in [0.1, 0.15) is 5.75 Å². The van der Waals surface area contributed by atoms with Crippen molar-refractivity contribution in [2.75, 3.05) is 7.11 Å². The predicted octanol–water partition coefficient (Wildman–Crippen LogP) is 4.49. The van der Waals surface area contributed by atoms with Crippen molar-refractivity contribution < 1.29 is 4.74 Å². The predicted molar refractivity (Wildman–Crippen MR) is 87.8 cm³/mol. The Morgan fingerprint density at radius 3 is 2.81 bits per heavy atom. The Bertz CT molecular complexity index is 484. The van der Waals surface area contributed by atoms with Crippen molar-refractivity contribution in [3.05, 3.63) is 29.3 Å². The molecule has 1 fully saturated rings. The summed E-state index contributed by atoms with van der Waals surface area (Å²) in [6, 6.07) is 7.83. The quantitative estimate of drug-likeness (QED) is 0.881. The van der Waals surface area contributed by atoms with Crippen LogP contribution in [0.3, 0.4) is 0 Å². The van der Waals surface area contributed by atoms with E-state index in [0.29, 0.717) is 12.1 Å². The fourth-order valence-electron chi connectivity index (χ4n) is 4.39. The SMILES string of the molecule is CCC1CCC(NC2CCCc3ccc(OC)cc32)C1C. The van der Waals surface area contributed by atoms with Crippen molar-refractivity contribution in [3.8, 4) is 5.75 Å². The molecule has 2 aliphatic carbocycles. The van der Waals surface area contributed by atoms with Gasteiger partial charge in [-0.3, -0.25) is 0 Å². The van der Waals surface area contributed by atoms with Gasteiger partial charge >= 0.3 is 0 Å². The molecule has 1 saturated carbocycles. The fourth-order valence-corrected chi connectivity index (χ4v) is 4.39. The Morgan fingerprint density at radius 1 is 1.24 bits per heavy atom. The smallest absolute Gasteiger partial charge is 0.119 e. The molecule has 3 rings (SSSR count). The monoisotopic (exact) mass is 287 g/mol. The van der Waals surface area contributed by atoms with Crippen LogP contribution in [0.5, 0.6) is 5.75 Å². The molecule has 0 spiro atoms. The minimum absolute atomic E-state index is 0.520. The average Bonchev–Trinajstić information content (AvgIpc) is 2.87. The summed E-state index contributed by atoms with van der Waals surface area (Å²) in [5.41, 5.74) is 2.99. The standard InChI is InChI=1S/C19H29NO/c1-4-14-9-11-18(13(14)2)20-19-7-5-6-15-8-10-16(21-3)12-17(15)19/h8,10,12-14,18-20H,4-7,9,11H2,1-3H3. The summed E-state index contributed by atoms with van der Waals surface area (Å²) in [6.07, 6.45) is 7.85. The molecule has 0 bridgehead atoms. The van der Waals surface area contributed by atoms with Gasteiger partial charge in [-0.05, 0) is 67.2 Å². The molecule has 4 atom stereocenters. The van der Waals surface area contributed by atoms with Crippen LogP contribution in [0.1, 0.15) is 63.1 Å². The zero-order valence-electron chi connectivity index (χ0n) is 13.7. The molecule has 0 amide bonds. The summed E-state index contributed by atoms with van der Waals surface area (Å²) in [7, 11) is 1.76. The average molecular weight is 287 g/mol. The number of hydrogen-bond donors (Lipinski definition) is 1. The van der Waals surface area contributed by atoms with Gasteiger partial charge in [-0.25, -0.2) is 0 Å². The van der Waals surface area contributed by atoms with Crippen molar-refractivity contribution in [3.63, 3.8) is 0 Å². The lowest BCUT2D eigenvalue weighted by molar-refractivity contribution is 0.308. The maximum absolute atomic E-state index is 5.43. The molecule has 21 heavy (non-hydrogen) atoms. The second-order valence-corrected chi connectivity index (χ2v) is 6.89. The van der Waals surface area contributed by atoms with Gasteiger partial charge in [0.05, 0.1) is 7.11 Å². The molecule has 0 radical (unpaired) electrons. The molecule has 2 nitrogen and oxygen atoms in total. The van der Waals surface area contributed by atoms with E-state index in [1.165, 1.54) is 49.7 Å². The van der Waals surface area contributed by atoms with Gasteiger partial charge in [-0.15, -0.1) is 0 Å².